The van der Waals surface area contributed by atoms with Crippen molar-refractivity contribution in [1.82, 2.24) is 4.90 Å². The predicted molar refractivity (Wildman–Crippen MR) is 61.0 cm³/mol. The van der Waals surface area contributed by atoms with Crippen LogP contribution < -0.4 is 0 Å². The quantitative estimate of drug-likeness (QED) is 0.691. The molecule has 0 saturated heterocycles. The van der Waals surface area contributed by atoms with Crippen molar-refractivity contribution in [3.05, 3.63) is 0 Å². The van der Waals surface area contributed by atoms with E-state index in [4.69, 9.17) is 5.26 Å². The van der Waals surface area contributed by atoms with Crippen molar-refractivity contribution in [3.63, 3.8) is 0 Å². The Morgan fingerprint density at radius 1 is 1.14 bits per heavy atom. The van der Waals surface area contributed by atoms with Crippen LogP contribution in [-0.2, 0) is 0 Å². The summed E-state index contributed by atoms with van der Waals surface area (Å²) in [6.45, 7) is 12.6. The lowest BCUT2D eigenvalue weighted by atomic mass is 9.91. The lowest BCUT2D eigenvalue weighted by molar-refractivity contribution is 0.219. The molecule has 0 aliphatic carbocycles. The minimum Gasteiger partial charge on any atom is -0.305 e. The normalized spacial score (nSPS) is 13.0. The van der Waals surface area contributed by atoms with Crippen molar-refractivity contribution >= 4 is 0 Å². The number of nitrogens with zero attached hydrogens (tertiary/aromatic N) is 2. The van der Waals surface area contributed by atoms with Gasteiger partial charge < -0.3 is 4.90 Å². The lowest BCUT2D eigenvalue weighted by Gasteiger charge is -2.27. The van der Waals surface area contributed by atoms with Crippen molar-refractivity contribution in [1.29, 1.82) is 5.26 Å². The van der Waals surface area contributed by atoms with Crippen LogP contribution in [0, 0.1) is 22.2 Å². The van der Waals surface area contributed by atoms with E-state index in [0.717, 1.165) is 13.1 Å². The summed E-state index contributed by atoms with van der Waals surface area (Å²) in [5, 5.41) is 8.89. The van der Waals surface area contributed by atoms with Crippen LogP contribution in [0.2, 0.25) is 0 Å². The summed E-state index contributed by atoms with van der Waals surface area (Å²) in [6.07, 6.45) is 1.17. The summed E-state index contributed by atoms with van der Waals surface area (Å²) in [5.74, 6) is 0. The molecule has 0 radical (unpaired) electrons. The number of rotatable bonds is 4. The van der Waals surface area contributed by atoms with E-state index in [1.807, 2.05) is 13.8 Å². The molecule has 0 amide bonds. The van der Waals surface area contributed by atoms with E-state index in [9.17, 15) is 0 Å². The molecule has 0 aromatic carbocycles. The second kappa shape index (κ2) is 4.79. The number of hydrogen-bond acceptors (Lipinski definition) is 2. The fourth-order valence-corrected chi connectivity index (χ4v) is 1.32. The third kappa shape index (κ3) is 6.91. The fraction of sp³-hybridized carbons (Fsp3) is 0.917. The molecule has 0 rings (SSSR count). The second-order valence-electron chi connectivity index (χ2n) is 6.04. The number of nitriles is 1. The molecule has 0 heterocycles. The molecule has 0 unspecified atom stereocenters. The predicted octanol–water partition coefficient (Wildman–Crippen LogP) is 2.90. The lowest BCUT2D eigenvalue weighted by Crippen LogP contribution is -2.32. The van der Waals surface area contributed by atoms with Gasteiger partial charge in [-0.1, -0.05) is 20.8 Å². The molecule has 14 heavy (non-hydrogen) atoms. The molecule has 0 aliphatic rings. The molecule has 2 nitrogen and oxygen atoms in total. The summed E-state index contributed by atoms with van der Waals surface area (Å²) in [5.41, 5.74) is 0.150. The second-order valence-corrected chi connectivity index (χ2v) is 6.04. The van der Waals surface area contributed by atoms with Crippen molar-refractivity contribution in [2.24, 2.45) is 10.8 Å². The smallest absolute Gasteiger partial charge is 0.0697 e. The van der Waals surface area contributed by atoms with Crippen LogP contribution in [0.15, 0.2) is 0 Å². The summed E-state index contributed by atoms with van der Waals surface area (Å²) < 4.78 is 0. The minimum absolute atomic E-state index is 0.230. The highest BCUT2D eigenvalue weighted by molar-refractivity contribution is 4.93. The molecule has 0 atom stereocenters. The Balaban J connectivity index is 3.90. The van der Waals surface area contributed by atoms with Crippen LogP contribution >= 0.6 is 0 Å². The molecule has 0 saturated carbocycles. The highest BCUT2D eigenvalue weighted by Crippen LogP contribution is 2.20. The first kappa shape index (κ1) is 13.4. The van der Waals surface area contributed by atoms with Gasteiger partial charge in [-0.15, -0.1) is 0 Å². The summed E-state index contributed by atoms with van der Waals surface area (Å²) >= 11 is 0. The van der Waals surface area contributed by atoms with Gasteiger partial charge in [-0.3, -0.25) is 0 Å². The monoisotopic (exact) mass is 196 g/mol. The van der Waals surface area contributed by atoms with E-state index in [1.54, 1.807) is 0 Å². The third-order valence-electron chi connectivity index (χ3n) is 2.21. The van der Waals surface area contributed by atoms with Crippen molar-refractivity contribution in [3.8, 4) is 6.07 Å². The maximum absolute atomic E-state index is 8.89. The average molecular weight is 196 g/mol. The minimum atomic E-state index is -0.230. The fourth-order valence-electron chi connectivity index (χ4n) is 1.32. The van der Waals surface area contributed by atoms with E-state index >= 15 is 0 Å². The molecular formula is C12H24N2. The van der Waals surface area contributed by atoms with E-state index < -0.39 is 0 Å². The summed E-state index contributed by atoms with van der Waals surface area (Å²) in [6, 6.07) is 2.33. The van der Waals surface area contributed by atoms with Crippen LogP contribution in [-0.4, -0.2) is 25.0 Å². The van der Waals surface area contributed by atoms with Crippen LogP contribution in [0.3, 0.4) is 0 Å². The van der Waals surface area contributed by atoms with Crippen LogP contribution in [0.25, 0.3) is 0 Å². The van der Waals surface area contributed by atoms with Gasteiger partial charge in [0.25, 0.3) is 0 Å². The Kier molecular flexibility index (Phi) is 4.61. The first-order valence-electron chi connectivity index (χ1n) is 5.26. The van der Waals surface area contributed by atoms with E-state index in [-0.39, 0.29) is 5.41 Å². The molecule has 2 heteroatoms. The van der Waals surface area contributed by atoms with Crippen molar-refractivity contribution in [2.75, 3.05) is 20.1 Å². The van der Waals surface area contributed by atoms with Gasteiger partial charge in [0, 0.05) is 6.54 Å². The Morgan fingerprint density at radius 3 is 2.00 bits per heavy atom. The highest BCUT2D eigenvalue weighted by Gasteiger charge is 2.20. The van der Waals surface area contributed by atoms with Crippen molar-refractivity contribution < 1.29 is 0 Å². The first-order chi connectivity index (χ1) is 6.16. The Bertz CT molecular complexity index is 205. The molecule has 0 N–H and O–H groups in total. The van der Waals surface area contributed by atoms with Gasteiger partial charge in [0.2, 0.25) is 0 Å². The van der Waals surface area contributed by atoms with E-state index in [1.165, 1.54) is 6.42 Å². The van der Waals surface area contributed by atoms with Gasteiger partial charge in [-0.2, -0.15) is 5.26 Å². The molecule has 0 fully saturated rings. The molecule has 0 bridgehead atoms. The van der Waals surface area contributed by atoms with E-state index in [2.05, 4.69) is 38.8 Å². The SMILES string of the molecule is CN(CCC(C)(C)C)CC(C)(C)C#N. The van der Waals surface area contributed by atoms with Crippen LogP contribution in [0.1, 0.15) is 41.0 Å². The van der Waals surface area contributed by atoms with E-state index in [0.29, 0.717) is 5.41 Å². The Labute approximate surface area is 88.9 Å². The largest absolute Gasteiger partial charge is 0.305 e. The summed E-state index contributed by atoms with van der Waals surface area (Å²) in [7, 11) is 2.09. The number of hydrogen-bond donors (Lipinski definition) is 0. The summed E-state index contributed by atoms with van der Waals surface area (Å²) in [4.78, 5) is 2.24. The Morgan fingerprint density at radius 2 is 1.64 bits per heavy atom. The van der Waals surface area contributed by atoms with Gasteiger partial charge in [0.1, 0.15) is 0 Å². The van der Waals surface area contributed by atoms with Gasteiger partial charge >= 0.3 is 0 Å². The zero-order chi connectivity index (χ0) is 11.4. The molecular weight excluding hydrogens is 172 g/mol. The van der Waals surface area contributed by atoms with Gasteiger partial charge in [-0.05, 0) is 39.3 Å². The maximum Gasteiger partial charge on any atom is 0.0697 e. The average Bonchev–Trinajstić information content (AvgIpc) is 1.99. The molecule has 82 valence electrons. The molecule has 0 aromatic heterocycles. The Hall–Kier alpha value is -0.550. The first-order valence-corrected chi connectivity index (χ1v) is 5.26. The van der Waals surface area contributed by atoms with Crippen molar-refractivity contribution in [2.45, 2.75) is 41.0 Å². The standard InChI is InChI=1S/C12H24N2/c1-11(2,3)7-8-14(6)10-12(4,5)9-13/h7-8,10H2,1-6H3. The van der Waals surface area contributed by atoms with Gasteiger partial charge in [0.05, 0.1) is 11.5 Å². The van der Waals surface area contributed by atoms with Crippen LogP contribution in [0.4, 0.5) is 0 Å². The maximum atomic E-state index is 8.89. The van der Waals surface area contributed by atoms with Gasteiger partial charge in [-0.25, -0.2) is 0 Å². The van der Waals surface area contributed by atoms with Crippen LogP contribution in [0.5, 0.6) is 0 Å². The van der Waals surface area contributed by atoms with Gasteiger partial charge in [0.15, 0.2) is 0 Å². The third-order valence-corrected chi connectivity index (χ3v) is 2.21. The topological polar surface area (TPSA) is 27.0 Å². The molecule has 0 aromatic rings. The highest BCUT2D eigenvalue weighted by atomic mass is 15.1. The molecule has 0 spiro atoms. The zero-order valence-corrected chi connectivity index (χ0v) is 10.5. The zero-order valence-electron chi connectivity index (χ0n) is 10.5. The molecule has 0 aliphatic heterocycles.